The highest BCUT2D eigenvalue weighted by atomic mass is 35.5. The second kappa shape index (κ2) is 13.0. The molecule has 0 rings (SSSR count). The molecule has 19 heavy (non-hydrogen) atoms. The molecule has 0 fully saturated rings. The molecule has 0 atom stereocenters. The molecular weight excluding hydrogens is 294 g/mol. The van der Waals surface area contributed by atoms with Crippen LogP contribution >= 0.6 is 12.4 Å². The number of ether oxygens (including phenoxy) is 2. The summed E-state index contributed by atoms with van der Waals surface area (Å²) in [5, 5.41) is 3.05. The maximum absolute atomic E-state index is 12.0. The van der Waals surface area contributed by atoms with Crippen molar-refractivity contribution < 1.29 is 17.9 Å². The Bertz CT molecular complexity index is 282. The molecule has 0 aliphatic rings. The maximum Gasteiger partial charge on any atom is 0.279 e. The van der Waals surface area contributed by atoms with E-state index in [0.717, 1.165) is 6.54 Å². The SMILES string of the molecule is CCNCCNS(=O)(=O)N(CCOC)CCOC.Cl. The Morgan fingerprint density at radius 1 is 1.05 bits per heavy atom. The van der Waals surface area contributed by atoms with Gasteiger partial charge < -0.3 is 14.8 Å². The summed E-state index contributed by atoms with van der Waals surface area (Å²) in [6.07, 6.45) is 0. The molecule has 0 heterocycles. The molecule has 0 aliphatic heterocycles. The molecule has 0 radical (unpaired) electrons. The lowest BCUT2D eigenvalue weighted by Gasteiger charge is -2.21. The van der Waals surface area contributed by atoms with E-state index in [-0.39, 0.29) is 12.4 Å². The fourth-order valence-electron chi connectivity index (χ4n) is 1.27. The van der Waals surface area contributed by atoms with E-state index in [2.05, 4.69) is 10.0 Å². The Kier molecular flexibility index (Phi) is 14.6. The number of methoxy groups -OCH3 is 2. The Hall–Kier alpha value is 0.0400. The van der Waals surface area contributed by atoms with Crippen LogP contribution in [0.2, 0.25) is 0 Å². The molecule has 7 nitrogen and oxygen atoms in total. The zero-order valence-electron chi connectivity index (χ0n) is 11.8. The first-order chi connectivity index (χ1) is 8.58. The second-order valence-corrected chi connectivity index (χ2v) is 5.39. The van der Waals surface area contributed by atoms with Gasteiger partial charge in [0.15, 0.2) is 0 Å². The van der Waals surface area contributed by atoms with E-state index < -0.39 is 10.2 Å². The molecule has 0 bridgehead atoms. The van der Waals surface area contributed by atoms with Crippen molar-refractivity contribution in [1.29, 1.82) is 0 Å². The number of hydrogen-bond acceptors (Lipinski definition) is 5. The third-order valence-corrected chi connectivity index (χ3v) is 3.88. The maximum atomic E-state index is 12.0. The van der Waals surface area contributed by atoms with Gasteiger partial charge in [-0.3, -0.25) is 0 Å². The first-order valence-electron chi connectivity index (χ1n) is 6.01. The van der Waals surface area contributed by atoms with Crippen molar-refractivity contribution in [3.63, 3.8) is 0 Å². The van der Waals surface area contributed by atoms with Gasteiger partial charge in [0.2, 0.25) is 0 Å². The summed E-state index contributed by atoms with van der Waals surface area (Å²) in [5.41, 5.74) is 0. The summed E-state index contributed by atoms with van der Waals surface area (Å²) in [4.78, 5) is 0. The van der Waals surface area contributed by atoms with Crippen LogP contribution in [-0.2, 0) is 19.7 Å². The minimum Gasteiger partial charge on any atom is -0.383 e. The molecule has 0 saturated heterocycles. The van der Waals surface area contributed by atoms with Crippen LogP contribution in [0.5, 0.6) is 0 Å². The number of rotatable bonds is 12. The second-order valence-electron chi connectivity index (χ2n) is 3.64. The van der Waals surface area contributed by atoms with Gasteiger partial charge in [0.25, 0.3) is 10.2 Å². The molecular formula is C10H26ClN3O4S. The van der Waals surface area contributed by atoms with Gasteiger partial charge in [-0.05, 0) is 6.54 Å². The van der Waals surface area contributed by atoms with E-state index in [4.69, 9.17) is 9.47 Å². The number of likely N-dealkylation sites (N-methyl/N-ethyl adjacent to an activating group) is 1. The van der Waals surface area contributed by atoms with Crippen LogP contribution in [0.4, 0.5) is 0 Å². The number of nitrogens with zero attached hydrogens (tertiary/aromatic N) is 1. The van der Waals surface area contributed by atoms with Gasteiger partial charge in [0.1, 0.15) is 0 Å². The molecule has 0 saturated carbocycles. The predicted molar refractivity (Wildman–Crippen MR) is 78.0 cm³/mol. The van der Waals surface area contributed by atoms with Gasteiger partial charge in [-0.25, -0.2) is 4.72 Å². The van der Waals surface area contributed by atoms with Gasteiger partial charge in [-0.2, -0.15) is 12.7 Å². The first-order valence-corrected chi connectivity index (χ1v) is 7.45. The molecule has 9 heteroatoms. The van der Waals surface area contributed by atoms with Gasteiger partial charge >= 0.3 is 0 Å². The van der Waals surface area contributed by atoms with Gasteiger partial charge in [0, 0.05) is 40.4 Å². The van der Waals surface area contributed by atoms with Crippen molar-refractivity contribution in [3.8, 4) is 0 Å². The lowest BCUT2D eigenvalue weighted by Crippen LogP contribution is -2.45. The van der Waals surface area contributed by atoms with Crippen molar-refractivity contribution in [2.45, 2.75) is 6.92 Å². The van der Waals surface area contributed by atoms with Crippen LogP contribution in [0.3, 0.4) is 0 Å². The third-order valence-electron chi connectivity index (χ3n) is 2.27. The molecule has 0 aromatic rings. The summed E-state index contributed by atoms with van der Waals surface area (Å²) < 4.78 is 37.6. The molecule has 0 spiro atoms. The number of nitrogens with one attached hydrogen (secondary N) is 2. The molecule has 118 valence electrons. The van der Waals surface area contributed by atoms with Crippen molar-refractivity contribution in [3.05, 3.63) is 0 Å². The summed E-state index contributed by atoms with van der Waals surface area (Å²) in [5.74, 6) is 0. The fourth-order valence-corrected chi connectivity index (χ4v) is 2.45. The summed E-state index contributed by atoms with van der Waals surface area (Å²) in [6.45, 7) is 5.12. The van der Waals surface area contributed by atoms with Crippen LogP contribution in [0.1, 0.15) is 6.92 Å². The summed E-state index contributed by atoms with van der Waals surface area (Å²) >= 11 is 0. The Morgan fingerprint density at radius 2 is 1.58 bits per heavy atom. The Morgan fingerprint density at radius 3 is 2.00 bits per heavy atom. The smallest absolute Gasteiger partial charge is 0.279 e. The normalized spacial score (nSPS) is 11.6. The van der Waals surface area contributed by atoms with Gasteiger partial charge in [0.05, 0.1) is 13.2 Å². The van der Waals surface area contributed by atoms with Gasteiger partial charge in [-0.1, -0.05) is 6.92 Å². The zero-order valence-corrected chi connectivity index (χ0v) is 13.5. The number of halogens is 1. The zero-order chi connectivity index (χ0) is 13.9. The van der Waals surface area contributed by atoms with Crippen LogP contribution in [0.25, 0.3) is 0 Å². The highest BCUT2D eigenvalue weighted by molar-refractivity contribution is 7.87. The predicted octanol–water partition coefficient (Wildman–Crippen LogP) is -0.553. The van der Waals surface area contributed by atoms with E-state index in [1.165, 1.54) is 4.31 Å². The summed E-state index contributed by atoms with van der Waals surface area (Å²) in [6, 6.07) is 0. The van der Waals surface area contributed by atoms with Crippen molar-refractivity contribution in [2.24, 2.45) is 0 Å². The number of hydrogen-bond donors (Lipinski definition) is 2. The molecule has 2 N–H and O–H groups in total. The minimum atomic E-state index is -3.46. The first kappa shape index (κ1) is 21.3. The third kappa shape index (κ3) is 10.5. The highest BCUT2D eigenvalue weighted by Gasteiger charge is 2.20. The lowest BCUT2D eigenvalue weighted by molar-refractivity contribution is 0.150. The lowest BCUT2D eigenvalue weighted by atomic mass is 10.6. The Balaban J connectivity index is 0. The van der Waals surface area contributed by atoms with Crippen molar-refractivity contribution in [2.75, 3.05) is 60.2 Å². The molecule has 0 amide bonds. The summed E-state index contributed by atoms with van der Waals surface area (Å²) in [7, 11) is -0.381. The monoisotopic (exact) mass is 319 g/mol. The van der Waals surface area contributed by atoms with E-state index in [9.17, 15) is 8.42 Å². The van der Waals surface area contributed by atoms with Crippen molar-refractivity contribution >= 4 is 22.6 Å². The molecule has 0 unspecified atom stereocenters. The quantitative estimate of drug-likeness (QED) is 0.472. The van der Waals surface area contributed by atoms with E-state index in [1.54, 1.807) is 14.2 Å². The van der Waals surface area contributed by atoms with Crippen molar-refractivity contribution in [1.82, 2.24) is 14.3 Å². The van der Waals surface area contributed by atoms with E-state index >= 15 is 0 Å². The van der Waals surface area contributed by atoms with Crippen LogP contribution in [0.15, 0.2) is 0 Å². The molecule has 0 aromatic carbocycles. The van der Waals surface area contributed by atoms with E-state index in [1.807, 2.05) is 6.92 Å². The highest BCUT2D eigenvalue weighted by Crippen LogP contribution is 1.97. The van der Waals surface area contributed by atoms with Gasteiger partial charge in [-0.15, -0.1) is 12.4 Å². The average Bonchev–Trinajstić information content (AvgIpc) is 2.34. The Labute approximate surface area is 122 Å². The average molecular weight is 320 g/mol. The minimum absolute atomic E-state index is 0. The van der Waals surface area contributed by atoms with Crippen LogP contribution < -0.4 is 10.0 Å². The topological polar surface area (TPSA) is 79.9 Å². The van der Waals surface area contributed by atoms with Crippen LogP contribution in [-0.4, -0.2) is 72.9 Å². The molecule has 0 aromatic heterocycles. The van der Waals surface area contributed by atoms with Crippen LogP contribution in [0, 0.1) is 0 Å². The van der Waals surface area contributed by atoms with E-state index in [0.29, 0.717) is 39.4 Å². The standard InChI is InChI=1S/C10H25N3O4S.ClH/c1-4-11-5-6-12-18(14,15)13(7-9-16-2)8-10-17-3;/h11-12H,4-10H2,1-3H3;1H. The fraction of sp³-hybridized carbons (Fsp3) is 1.00. The molecule has 0 aliphatic carbocycles. The largest absolute Gasteiger partial charge is 0.383 e.